The lowest BCUT2D eigenvalue weighted by molar-refractivity contribution is 0.618. The van der Waals surface area contributed by atoms with Gasteiger partial charge in [0.05, 0.1) is 0 Å². The van der Waals surface area contributed by atoms with Crippen LogP contribution in [-0.2, 0) is 6.54 Å². The van der Waals surface area contributed by atoms with Crippen molar-refractivity contribution in [2.24, 2.45) is 0 Å². The molecule has 0 spiro atoms. The Morgan fingerprint density at radius 3 is 2.67 bits per heavy atom. The number of hydrogen-bond donors (Lipinski definition) is 1. The van der Waals surface area contributed by atoms with Crippen LogP contribution < -0.4 is 10.2 Å². The van der Waals surface area contributed by atoms with Crippen molar-refractivity contribution in [3.05, 3.63) is 28.2 Å². The van der Waals surface area contributed by atoms with Gasteiger partial charge in [0.1, 0.15) is 0 Å². The van der Waals surface area contributed by atoms with E-state index in [-0.39, 0.29) is 0 Å². The number of rotatable bonds is 9. The van der Waals surface area contributed by atoms with Crippen LogP contribution in [0.15, 0.2) is 22.7 Å². The average Bonchev–Trinajstić information content (AvgIpc) is 3.26. The number of nitrogens with one attached hydrogen (secondary N) is 1. The SMILES string of the molecule is CCCCCN(c1cc(Br)ccc1CNC1CC1)C(C)C. The van der Waals surface area contributed by atoms with Crippen molar-refractivity contribution in [1.82, 2.24) is 5.32 Å². The van der Waals surface area contributed by atoms with Crippen molar-refractivity contribution in [2.75, 3.05) is 11.4 Å². The fraction of sp³-hybridized carbons (Fsp3) is 0.667. The number of nitrogens with zero attached hydrogens (tertiary/aromatic N) is 1. The second-order valence-corrected chi connectivity index (χ2v) is 7.34. The summed E-state index contributed by atoms with van der Waals surface area (Å²) in [4.78, 5) is 2.56. The Labute approximate surface area is 138 Å². The molecule has 2 nitrogen and oxygen atoms in total. The zero-order chi connectivity index (χ0) is 15.2. The summed E-state index contributed by atoms with van der Waals surface area (Å²) in [5.41, 5.74) is 2.82. The first-order valence-electron chi connectivity index (χ1n) is 8.40. The predicted molar refractivity (Wildman–Crippen MR) is 96.0 cm³/mol. The number of hydrogen-bond acceptors (Lipinski definition) is 2. The van der Waals surface area contributed by atoms with Gasteiger partial charge in [-0.15, -0.1) is 0 Å². The van der Waals surface area contributed by atoms with E-state index in [0.717, 1.165) is 19.1 Å². The minimum Gasteiger partial charge on any atom is -0.369 e. The molecule has 0 bridgehead atoms. The van der Waals surface area contributed by atoms with Crippen LogP contribution >= 0.6 is 15.9 Å². The maximum atomic E-state index is 3.65. The minimum atomic E-state index is 0.538. The summed E-state index contributed by atoms with van der Waals surface area (Å²) in [6.07, 6.45) is 6.55. The van der Waals surface area contributed by atoms with Gasteiger partial charge >= 0.3 is 0 Å². The van der Waals surface area contributed by atoms with Gasteiger partial charge in [-0.1, -0.05) is 41.8 Å². The van der Waals surface area contributed by atoms with Crippen molar-refractivity contribution < 1.29 is 0 Å². The lowest BCUT2D eigenvalue weighted by atomic mass is 10.1. The van der Waals surface area contributed by atoms with Crippen LogP contribution in [0.3, 0.4) is 0 Å². The van der Waals surface area contributed by atoms with E-state index in [4.69, 9.17) is 0 Å². The molecule has 1 aromatic rings. The molecule has 0 saturated heterocycles. The first-order chi connectivity index (χ1) is 10.1. The molecule has 0 radical (unpaired) electrons. The van der Waals surface area contributed by atoms with Gasteiger partial charge in [0.25, 0.3) is 0 Å². The van der Waals surface area contributed by atoms with Crippen LogP contribution in [-0.4, -0.2) is 18.6 Å². The average molecular weight is 353 g/mol. The van der Waals surface area contributed by atoms with Crippen molar-refractivity contribution in [3.63, 3.8) is 0 Å². The molecular weight excluding hydrogens is 324 g/mol. The molecule has 1 aliphatic carbocycles. The number of unbranched alkanes of at least 4 members (excludes halogenated alkanes) is 2. The van der Waals surface area contributed by atoms with E-state index in [2.05, 4.69) is 65.1 Å². The molecule has 0 unspecified atom stereocenters. The first kappa shape index (κ1) is 16.8. The van der Waals surface area contributed by atoms with Crippen LogP contribution in [0.1, 0.15) is 58.4 Å². The monoisotopic (exact) mass is 352 g/mol. The van der Waals surface area contributed by atoms with Gasteiger partial charge in [-0.3, -0.25) is 0 Å². The Morgan fingerprint density at radius 2 is 2.05 bits per heavy atom. The van der Waals surface area contributed by atoms with E-state index >= 15 is 0 Å². The molecule has 0 heterocycles. The number of benzene rings is 1. The molecule has 118 valence electrons. The third-order valence-electron chi connectivity index (χ3n) is 4.14. The normalized spacial score (nSPS) is 14.7. The molecule has 1 fully saturated rings. The Balaban J connectivity index is 2.12. The van der Waals surface area contributed by atoms with Gasteiger partial charge in [0.2, 0.25) is 0 Å². The molecule has 1 saturated carbocycles. The summed E-state index contributed by atoms with van der Waals surface area (Å²) in [6.45, 7) is 9.00. The highest BCUT2D eigenvalue weighted by Crippen LogP contribution is 2.28. The summed E-state index contributed by atoms with van der Waals surface area (Å²) in [5, 5.41) is 3.65. The molecule has 1 aromatic carbocycles. The van der Waals surface area contributed by atoms with Crippen LogP contribution in [0.5, 0.6) is 0 Å². The summed E-state index contributed by atoms with van der Waals surface area (Å²) < 4.78 is 1.17. The topological polar surface area (TPSA) is 15.3 Å². The Kier molecular flexibility index (Phi) is 6.56. The largest absolute Gasteiger partial charge is 0.369 e. The maximum absolute atomic E-state index is 3.65. The van der Waals surface area contributed by atoms with Crippen molar-refractivity contribution in [3.8, 4) is 0 Å². The van der Waals surface area contributed by atoms with Crippen LogP contribution in [0.2, 0.25) is 0 Å². The van der Waals surface area contributed by atoms with E-state index in [9.17, 15) is 0 Å². The molecule has 0 aliphatic heterocycles. The second kappa shape index (κ2) is 8.19. The molecule has 1 aliphatic rings. The highest BCUT2D eigenvalue weighted by atomic mass is 79.9. The predicted octanol–water partition coefficient (Wildman–Crippen LogP) is 5.11. The van der Waals surface area contributed by atoms with Gasteiger partial charge < -0.3 is 10.2 Å². The fourth-order valence-corrected chi connectivity index (χ4v) is 3.03. The van der Waals surface area contributed by atoms with E-state index in [1.807, 2.05) is 0 Å². The molecule has 21 heavy (non-hydrogen) atoms. The van der Waals surface area contributed by atoms with Crippen molar-refractivity contribution >= 4 is 21.6 Å². The lowest BCUT2D eigenvalue weighted by Crippen LogP contribution is -2.33. The van der Waals surface area contributed by atoms with Crippen LogP contribution in [0.25, 0.3) is 0 Å². The number of halogens is 1. The molecule has 0 aromatic heterocycles. The zero-order valence-corrected chi connectivity index (χ0v) is 15.2. The zero-order valence-electron chi connectivity index (χ0n) is 13.7. The Morgan fingerprint density at radius 1 is 1.29 bits per heavy atom. The summed E-state index contributed by atoms with van der Waals surface area (Å²) in [7, 11) is 0. The smallest absolute Gasteiger partial charge is 0.0425 e. The second-order valence-electron chi connectivity index (χ2n) is 6.42. The molecule has 1 N–H and O–H groups in total. The minimum absolute atomic E-state index is 0.538. The van der Waals surface area contributed by atoms with E-state index < -0.39 is 0 Å². The van der Waals surface area contributed by atoms with E-state index in [1.54, 1.807) is 0 Å². The summed E-state index contributed by atoms with van der Waals surface area (Å²) in [6, 6.07) is 8.02. The molecular formula is C18H29BrN2. The van der Waals surface area contributed by atoms with Crippen molar-refractivity contribution in [1.29, 1.82) is 0 Å². The lowest BCUT2D eigenvalue weighted by Gasteiger charge is -2.31. The number of anilines is 1. The van der Waals surface area contributed by atoms with Gasteiger partial charge in [-0.05, 0) is 50.8 Å². The fourth-order valence-electron chi connectivity index (χ4n) is 2.68. The van der Waals surface area contributed by atoms with Gasteiger partial charge in [0, 0.05) is 35.3 Å². The van der Waals surface area contributed by atoms with Crippen molar-refractivity contribution in [2.45, 2.75) is 71.5 Å². The third kappa shape index (κ3) is 5.30. The molecule has 0 atom stereocenters. The summed E-state index contributed by atoms with van der Waals surface area (Å²) in [5.74, 6) is 0. The Bertz CT molecular complexity index is 441. The standard InChI is InChI=1S/C18H29BrN2/c1-4-5-6-11-21(14(2)3)18-12-16(19)8-7-15(18)13-20-17-9-10-17/h7-8,12,14,17,20H,4-6,9-11,13H2,1-3H3. The molecule has 3 heteroatoms. The van der Waals surface area contributed by atoms with Gasteiger partial charge in [0.15, 0.2) is 0 Å². The highest BCUT2D eigenvalue weighted by Gasteiger charge is 2.21. The third-order valence-corrected chi connectivity index (χ3v) is 4.63. The van der Waals surface area contributed by atoms with E-state index in [1.165, 1.54) is 47.8 Å². The maximum Gasteiger partial charge on any atom is 0.0425 e. The first-order valence-corrected chi connectivity index (χ1v) is 9.19. The van der Waals surface area contributed by atoms with Crippen LogP contribution in [0.4, 0.5) is 5.69 Å². The Hall–Kier alpha value is -0.540. The summed E-state index contributed by atoms with van der Waals surface area (Å²) >= 11 is 3.64. The van der Waals surface area contributed by atoms with E-state index in [0.29, 0.717) is 6.04 Å². The van der Waals surface area contributed by atoms with Crippen LogP contribution in [0, 0.1) is 0 Å². The van der Waals surface area contributed by atoms with Gasteiger partial charge in [-0.25, -0.2) is 0 Å². The molecule has 2 rings (SSSR count). The quantitative estimate of drug-likeness (QED) is 0.621. The molecule has 0 amide bonds. The van der Waals surface area contributed by atoms with Gasteiger partial charge in [-0.2, -0.15) is 0 Å². The highest BCUT2D eigenvalue weighted by molar-refractivity contribution is 9.10.